The smallest absolute Gasteiger partial charge is 0.421 e. The van der Waals surface area contributed by atoms with Gasteiger partial charge in [-0.15, -0.1) is 0 Å². The molecule has 3 N–H and O–H groups in total. The number of nitrogens with one attached hydrogen (secondary N) is 2. The van der Waals surface area contributed by atoms with Gasteiger partial charge in [0.15, 0.2) is 0 Å². The van der Waals surface area contributed by atoms with Crippen molar-refractivity contribution in [3.05, 3.63) is 34.5 Å². The fourth-order valence-electron chi connectivity index (χ4n) is 2.99. The van der Waals surface area contributed by atoms with Gasteiger partial charge in [0.25, 0.3) is 5.91 Å². The van der Waals surface area contributed by atoms with Crippen molar-refractivity contribution in [3.63, 3.8) is 0 Å². The number of hydrogen-bond acceptors (Lipinski definition) is 6. The molecule has 29 heavy (non-hydrogen) atoms. The summed E-state index contributed by atoms with van der Waals surface area (Å²) in [6.07, 6.45) is -2.14. The van der Waals surface area contributed by atoms with Crippen LogP contribution in [0.1, 0.15) is 35.7 Å². The molecule has 0 unspecified atom stereocenters. The van der Waals surface area contributed by atoms with Crippen LogP contribution in [-0.2, 0) is 6.18 Å². The Morgan fingerprint density at radius 2 is 2.00 bits per heavy atom. The highest BCUT2D eigenvalue weighted by atomic mass is 35.5. The van der Waals surface area contributed by atoms with Crippen LogP contribution >= 0.6 is 11.6 Å². The standard InChI is InChI=1S/C18H19ClF3N5O2/c1-2-23-15-11(18(20,21)22)9-24-17(26-15)25-13-8-14(28)10(7-12(13)19)16(29)27-5-3-4-6-27/h7-9,28H,2-6H2,1H3,(H2,23,24,25,26). The molecule has 1 saturated heterocycles. The molecule has 1 aromatic carbocycles. The molecule has 11 heteroatoms. The Morgan fingerprint density at radius 1 is 1.31 bits per heavy atom. The third-order valence-electron chi connectivity index (χ3n) is 4.39. The number of phenolic OH excluding ortho intramolecular Hbond substituents is 1. The number of halogens is 4. The monoisotopic (exact) mass is 429 g/mol. The largest absolute Gasteiger partial charge is 0.507 e. The van der Waals surface area contributed by atoms with E-state index in [0.29, 0.717) is 19.3 Å². The first kappa shape index (κ1) is 21.0. The van der Waals surface area contributed by atoms with E-state index in [2.05, 4.69) is 20.6 Å². The fraction of sp³-hybridized carbons (Fsp3) is 0.389. The molecule has 1 aromatic heterocycles. The molecule has 1 aliphatic heterocycles. The van der Waals surface area contributed by atoms with E-state index in [0.717, 1.165) is 12.8 Å². The average molecular weight is 430 g/mol. The summed E-state index contributed by atoms with van der Waals surface area (Å²) in [4.78, 5) is 21.6. The lowest BCUT2D eigenvalue weighted by atomic mass is 10.1. The highest BCUT2D eigenvalue weighted by molar-refractivity contribution is 6.33. The summed E-state index contributed by atoms with van der Waals surface area (Å²) in [5, 5.41) is 15.6. The van der Waals surface area contributed by atoms with Gasteiger partial charge in [0, 0.05) is 31.9 Å². The topological polar surface area (TPSA) is 90.4 Å². The van der Waals surface area contributed by atoms with Crippen LogP contribution in [0.5, 0.6) is 5.75 Å². The summed E-state index contributed by atoms with van der Waals surface area (Å²) < 4.78 is 39.2. The molecule has 1 amide bonds. The lowest BCUT2D eigenvalue weighted by molar-refractivity contribution is -0.137. The highest BCUT2D eigenvalue weighted by Crippen LogP contribution is 2.36. The number of alkyl halides is 3. The fourth-order valence-corrected chi connectivity index (χ4v) is 3.20. The van der Waals surface area contributed by atoms with E-state index >= 15 is 0 Å². The Balaban J connectivity index is 1.87. The van der Waals surface area contributed by atoms with Crippen LogP contribution in [0.2, 0.25) is 5.02 Å². The van der Waals surface area contributed by atoms with Gasteiger partial charge >= 0.3 is 6.18 Å². The molecular weight excluding hydrogens is 411 g/mol. The van der Waals surface area contributed by atoms with Gasteiger partial charge in [0.05, 0.1) is 16.3 Å². The molecule has 0 bridgehead atoms. The Kier molecular flexibility index (Phi) is 6.02. The maximum atomic E-state index is 13.1. The molecular formula is C18H19ClF3N5O2. The van der Waals surface area contributed by atoms with Gasteiger partial charge in [-0.3, -0.25) is 4.79 Å². The van der Waals surface area contributed by atoms with Crippen LogP contribution < -0.4 is 10.6 Å². The number of amides is 1. The number of nitrogens with zero attached hydrogens (tertiary/aromatic N) is 3. The Morgan fingerprint density at radius 3 is 2.62 bits per heavy atom. The summed E-state index contributed by atoms with van der Waals surface area (Å²) in [5.41, 5.74) is -0.779. The number of phenols is 1. The molecule has 156 valence electrons. The van der Waals surface area contributed by atoms with Crippen molar-refractivity contribution >= 4 is 35.0 Å². The molecule has 3 rings (SSSR count). The maximum absolute atomic E-state index is 13.1. The Bertz CT molecular complexity index is 917. The summed E-state index contributed by atoms with van der Waals surface area (Å²) in [5.74, 6) is -1.14. The molecule has 0 aliphatic carbocycles. The molecule has 0 radical (unpaired) electrons. The number of carbonyl (C=O) groups excluding carboxylic acids is 1. The summed E-state index contributed by atoms with van der Waals surface area (Å²) >= 11 is 6.21. The van der Waals surface area contributed by atoms with E-state index in [1.165, 1.54) is 12.1 Å². The Hall–Kier alpha value is -2.75. The quantitative estimate of drug-likeness (QED) is 0.657. The second kappa shape index (κ2) is 8.32. The molecule has 2 heterocycles. The first-order valence-corrected chi connectivity index (χ1v) is 9.35. The van der Waals surface area contributed by atoms with E-state index in [-0.39, 0.29) is 46.2 Å². The van der Waals surface area contributed by atoms with E-state index in [4.69, 9.17) is 11.6 Å². The molecule has 0 atom stereocenters. The van der Waals surface area contributed by atoms with E-state index in [1.54, 1.807) is 11.8 Å². The van der Waals surface area contributed by atoms with Crippen LogP contribution in [0.15, 0.2) is 18.3 Å². The minimum absolute atomic E-state index is 0.0594. The molecule has 1 aliphatic rings. The zero-order chi connectivity index (χ0) is 21.2. The lowest BCUT2D eigenvalue weighted by Crippen LogP contribution is -2.27. The minimum atomic E-state index is -4.61. The normalized spacial score (nSPS) is 14.2. The first-order valence-electron chi connectivity index (χ1n) is 8.97. The van der Waals surface area contributed by atoms with E-state index < -0.39 is 11.7 Å². The van der Waals surface area contributed by atoms with Crippen LogP contribution in [0.3, 0.4) is 0 Å². The molecule has 1 fully saturated rings. The number of rotatable bonds is 5. The summed E-state index contributed by atoms with van der Waals surface area (Å²) in [7, 11) is 0. The second-order valence-corrected chi connectivity index (χ2v) is 6.86. The SMILES string of the molecule is CCNc1nc(Nc2cc(O)c(C(=O)N3CCCC3)cc2Cl)ncc1C(F)(F)F. The number of aromatic hydroxyl groups is 1. The maximum Gasteiger partial charge on any atom is 0.421 e. The van der Waals surface area contributed by atoms with E-state index in [9.17, 15) is 23.1 Å². The van der Waals surface area contributed by atoms with Gasteiger partial charge in [-0.05, 0) is 25.8 Å². The number of anilines is 3. The average Bonchev–Trinajstić information content (AvgIpc) is 3.18. The van der Waals surface area contributed by atoms with Crippen molar-refractivity contribution in [1.29, 1.82) is 0 Å². The minimum Gasteiger partial charge on any atom is -0.507 e. The van der Waals surface area contributed by atoms with Crippen LogP contribution in [0, 0.1) is 0 Å². The molecule has 7 nitrogen and oxygen atoms in total. The second-order valence-electron chi connectivity index (χ2n) is 6.46. The van der Waals surface area contributed by atoms with Gasteiger partial charge in [-0.1, -0.05) is 11.6 Å². The number of likely N-dealkylation sites (tertiary alicyclic amines) is 1. The van der Waals surface area contributed by atoms with Gasteiger partial charge in [0.1, 0.15) is 17.1 Å². The van der Waals surface area contributed by atoms with Crippen molar-refractivity contribution in [2.24, 2.45) is 0 Å². The lowest BCUT2D eigenvalue weighted by Gasteiger charge is -2.17. The van der Waals surface area contributed by atoms with E-state index in [1.807, 2.05) is 0 Å². The van der Waals surface area contributed by atoms with Gasteiger partial charge < -0.3 is 20.6 Å². The van der Waals surface area contributed by atoms with Crippen LogP contribution in [-0.4, -0.2) is 45.5 Å². The Labute approximate surface area is 169 Å². The first-order chi connectivity index (χ1) is 13.7. The predicted octanol–water partition coefficient (Wildman–Crippen LogP) is 4.27. The third-order valence-corrected chi connectivity index (χ3v) is 4.71. The van der Waals surface area contributed by atoms with Gasteiger partial charge in [-0.25, -0.2) is 4.98 Å². The summed E-state index contributed by atoms with van der Waals surface area (Å²) in [6, 6.07) is 2.54. The number of hydrogen-bond donors (Lipinski definition) is 3. The molecule has 2 aromatic rings. The number of aromatic nitrogens is 2. The highest BCUT2D eigenvalue weighted by Gasteiger charge is 2.35. The zero-order valence-corrected chi connectivity index (χ0v) is 16.2. The molecule has 0 spiro atoms. The molecule has 0 saturated carbocycles. The predicted molar refractivity (Wildman–Crippen MR) is 103 cm³/mol. The van der Waals surface area contributed by atoms with Crippen LogP contribution in [0.25, 0.3) is 0 Å². The van der Waals surface area contributed by atoms with Crippen molar-refractivity contribution in [3.8, 4) is 5.75 Å². The zero-order valence-electron chi connectivity index (χ0n) is 15.5. The van der Waals surface area contributed by atoms with Crippen molar-refractivity contribution in [2.45, 2.75) is 25.9 Å². The van der Waals surface area contributed by atoms with Crippen molar-refractivity contribution in [1.82, 2.24) is 14.9 Å². The van der Waals surface area contributed by atoms with Gasteiger partial charge in [-0.2, -0.15) is 18.2 Å². The van der Waals surface area contributed by atoms with Crippen LogP contribution in [0.4, 0.5) is 30.6 Å². The van der Waals surface area contributed by atoms with Crippen molar-refractivity contribution < 1.29 is 23.1 Å². The number of carbonyl (C=O) groups is 1. The summed E-state index contributed by atoms with van der Waals surface area (Å²) in [6.45, 7) is 3.10. The number of benzene rings is 1. The van der Waals surface area contributed by atoms with Gasteiger partial charge in [0.2, 0.25) is 5.95 Å². The van der Waals surface area contributed by atoms with Crippen molar-refractivity contribution in [2.75, 3.05) is 30.3 Å². The third kappa shape index (κ3) is 4.64.